The Kier molecular flexibility index (Phi) is 8.15. The van der Waals surface area contributed by atoms with E-state index in [2.05, 4.69) is 29.1 Å². The Morgan fingerprint density at radius 3 is 2.60 bits per heavy atom. The van der Waals surface area contributed by atoms with Gasteiger partial charge in [0.2, 0.25) is 5.91 Å². The molecule has 1 N–H and O–H groups in total. The average molecular weight is 283 g/mol. The van der Waals surface area contributed by atoms with Crippen molar-refractivity contribution in [1.29, 1.82) is 0 Å². The van der Waals surface area contributed by atoms with Crippen LogP contribution in [0.1, 0.15) is 39.5 Å². The second-order valence-corrected chi connectivity index (χ2v) is 6.34. The number of unbranched alkanes of at least 4 members (excludes halogenated alkanes) is 1. The van der Waals surface area contributed by atoms with Gasteiger partial charge in [-0.15, -0.1) is 0 Å². The highest BCUT2D eigenvalue weighted by Crippen LogP contribution is 2.19. The number of amides is 1. The summed E-state index contributed by atoms with van der Waals surface area (Å²) < 4.78 is 0. The highest BCUT2D eigenvalue weighted by atomic mass is 16.2. The van der Waals surface area contributed by atoms with E-state index >= 15 is 0 Å². The number of rotatable bonds is 8. The number of carbonyl (C=O) groups excluding carboxylic acids is 1. The van der Waals surface area contributed by atoms with Crippen molar-refractivity contribution >= 4 is 5.91 Å². The van der Waals surface area contributed by atoms with Crippen LogP contribution in [0.15, 0.2) is 0 Å². The van der Waals surface area contributed by atoms with Crippen LogP contribution in [0.2, 0.25) is 0 Å². The molecule has 4 nitrogen and oxygen atoms in total. The lowest BCUT2D eigenvalue weighted by Crippen LogP contribution is -2.44. The van der Waals surface area contributed by atoms with E-state index in [0.29, 0.717) is 5.91 Å². The largest absolute Gasteiger partial charge is 0.342 e. The minimum absolute atomic E-state index is 0.101. The minimum Gasteiger partial charge on any atom is -0.342 e. The second-order valence-electron chi connectivity index (χ2n) is 6.34. The topological polar surface area (TPSA) is 35.6 Å². The van der Waals surface area contributed by atoms with E-state index < -0.39 is 0 Å². The molecule has 0 saturated carbocycles. The second kappa shape index (κ2) is 9.35. The van der Waals surface area contributed by atoms with Crippen molar-refractivity contribution in [2.75, 3.05) is 46.8 Å². The summed E-state index contributed by atoms with van der Waals surface area (Å²) in [6.45, 7) is 9.31. The molecular formula is C16H33N3O. The first kappa shape index (κ1) is 17.4. The molecule has 1 aliphatic rings. The first-order valence-electron chi connectivity index (χ1n) is 8.20. The Labute approximate surface area is 124 Å². The van der Waals surface area contributed by atoms with E-state index in [1.807, 2.05) is 14.0 Å². The van der Waals surface area contributed by atoms with Crippen LogP contribution >= 0.6 is 0 Å². The van der Waals surface area contributed by atoms with Crippen LogP contribution in [-0.4, -0.2) is 62.5 Å². The summed E-state index contributed by atoms with van der Waals surface area (Å²) in [7, 11) is 4.13. The number of nitrogens with zero attached hydrogens (tertiary/aromatic N) is 2. The van der Waals surface area contributed by atoms with Gasteiger partial charge >= 0.3 is 0 Å². The van der Waals surface area contributed by atoms with Crippen molar-refractivity contribution in [1.82, 2.24) is 15.1 Å². The standard InChI is InChI=1S/C16H33N3O/c1-5-6-9-18(4)13-15-7-10-19(11-8-15)16(20)14(2)12-17-3/h14-15,17H,5-13H2,1-4H3. The third kappa shape index (κ3) is 5.80. The Morgan fingerprint density at radius 2 is 2.05 bits per heavy atom. The molecule has 20 heavy (non-hydrogen) atoms. The third-order valence-corrected chi connectivity index (χ3v) is 4.32. The summed E-state index contributed by atoms with van der Waals surface area (Å²) in [5.74, 6) is 1.18. The molecule has 0 aromatic rings. The lowest BCUT2D eigenvalue weighted by Gasteiger charge is -2.35. The molecule has 1 heterocycles. The Morgan fingerprint density at radius 1 is 1.40 bits per heavy atom. The van der Waals surface area contributed by atoms with Gasteiger partial charge in [-0.25, -0.2) is 0 Å². The van der Waals surface area contributed by atoms with Crippen LogP contribution < -0.4 is 5.32 Å². The molecule has 118 valence electrons. The predicted octanol–water partition coefficient (Wildman–Crippen LogP) is 1.81. The van der Waals surface area contributed by atoms with Crippen LogP contribution in [0.25, 0.3) is 0 Å². The van der Waals surface area contributed by atoms with Gasteiger partial charge in [-0.2, -0.15) is 0 Å². The number of piperidine rings is 1. The summed E-state index contributed by atoms with van der Waals surface area (Å²) >= 11 is 0. The summed E-state index contributed by atoms with van der Waals surface area (Å²) in [4.78, 5) is 16.7. The number of nitrogens with one attached hydrogen (secondary N) is 1. The van der Waals surface area contributed by atoms with E-state index in [0.717, 1.165) is 38.4 Å². The van der Waals surface area contributed by atoms with Gasteiger partial charge in [-0.1, -0.05) is 20.3 Å². The summed E-state index contributed by atoms with van der Waals surface area (Å²) in [5.41, 5.74) is 0. The van der Waals surface area contributed by atoms with Crippen LogP contribution in [0.3, 0.4) is 0 Å². The van der Waals surface area contributed by atoms with Gasteiger partial charge in [0.05, 0.1) is 0 Å². The quantitative estimate of drug-likeness (QED) is 0.738. The molecule has 1 saturated heterocycles. The molecule has 1 fully saturated rings. The molecular weight excluding hydrogens is 250 g/mol. The number of likely N-dealkylation sites (tertiary alicyclic amines) is 1. The lowest BCUT2D eigenvalue weighted by atomic mass is 9.95. The Bertz CT molecular complexity index is 275. The van der Waals surface area contributed by atoms with Gasteiger partial charge < -0.3 is 15.1 Å². The maximum atomic E-state index is 12.2. The molecule has 1 amide bonds. The van der Waals surface area contributed by atoms with Gasteiger partial charge in [-0.3, -0.25) is 4.79 Å². The van der Waals surface area contributed by atoms with Gasteiger partial charge in [0.25, 0.3) is 0 Å². The molecule has 0 radical (unpaired) electrons. The summed E-state index contributed by atoms with van der Waals surface area (Å²) in [6.07, 6.45) is 4.87. The normalized spacial score (nSPS) is 18.6. The van der Waals surface area contributed by atoms with Crippen molar-refractivity contribution in [3.8, 4) is 0 Å². The lowest BCUT2D eigenvalue weighted by molar-refractivity contribution is -0.136. The monoisotopic (exact) mass is 283 g/mol. The zero-order valence-electron chi connectivity index (χ0n) is 13.8. The molecule has 1 atom stereocenters. The maximum absolute atomic E-state index is 12.2. The van der Waals surface area contributed by atoms with E-state index in [1.165, 1.54) is 25.9 Å². The Balaban J connectivity index is 2.27. The molecule has 0 aromatic heterocycles. The fourth-order valence-corrected chi connectivity index (χ4v) is 3.00. The van der Waals surface area contributed by atoms with Gasteiger partial charge in [0, 0.05) is 32.1 Å². The highest BCUT2D eigenvalue weighted by Gasteiger charge is 2.26. The van der Waals surface area contributed by atoms with Gasteiger partial charge in [-0.05, 0) is 45.8 Å². The van der Waals surface area contributed by atoms with Crippen LogP contribution in [0, 0.1) is 11.8 Å². The fraction of sp³-hybridized carbons (Fsp3) is 0.938. The van der Waals surface area contributed by atoms with Crippen molar-refractivity contribution in [2.24, 2.45) is 11.8 Å². The van der Waals surface area contributed by atoms with Gasteiger partial charge in [0.1, 0.15) is 0 Å². The predicted molar refractivity (Wildman–Crippen MR) is 84.8 cm³/mol. The van der Waals surface area contributed by atoms with Crippen molar-refractivity contribution < 1.29 is 4.79 Å². The van der Waals surface area contributed by atoms with Crippen LogP contribution in [0.4, 0.5) is 0 Å². The zero-order valence-corrected chi connectivity index (χ0v) is 13.8. The van der Waals surface area contributed by atoms with E-state index in [4.69, 9.17) is 0 Å². The van der Waals surface area contributed by atoms with Crippen molar-refractivity contribution in [3.63, 3.8) is 0 Å². The smallest absolute Gasteiger partial charge is 0.226 e. The third-order valence-electron chi connectivity index (χ3n) is 4.32. The number of hydrogen-bond donors (Lipinski definition) is 1. The SMILES string of the molecule is CCCCN(C)CC1CCN(C(=O)C(C)CNC)CC1. The molecule has 1 aliphatic heterocycles. The fourth-order valence-electron chi connectivity index (χ4n) is 3.00. The summed E-state index contributed by atoms with van der Waals surface area (Å²) in [6, 6.07) is 0. The molecule has 1 rings (SSSR count). The number of carbonyl (C=O) groups is 1. The Hall–Kier alpha value is -0.610. The van der Waals surface area contributed by atoms with Crippen LogP contribution in [0.5, 0.6) is 0 Å². The number of hydrogen-bond acceptors (Lipinski definition) is 3. The van der Waals surface area contributed by atoms with E-state index in [9.17, 15) is 4.79 Å². The maximum Gasteiger partial charge on any atom is 0.226 e. The molecule has 4 heteroatoms. The van der Waals surface area contributed by atoms with E-state index in [-0.39, 0.29) is 5.92 Å². The average Bonchev–Trinajstić information content (AvgIpc) is 2.45. The molecule has 0 aromatic carbocycles. The molecule has 0 aliphatic carbocycles. The highest BCUT2D eigenvalue weighted by molar-refractivity contribution is 5.78. The van der Waals surface area contributed by atoms with E-state index in [1.54, 1.807) is 0 Å². The first-order chi connectivity index (χ1) is 9.58. The summed E-state index contributed by atoms with van der Waals surface area (Å²) in [5, 5.41) is 3.09. The minimum atomic E-state index is 0.101. The van der Waals surface area contributed by atoms with Crippen molar-refractivity contribution in [3.05, 3.63) is 0 Å². The van der Waals surface area contributed by atoms with Gasteiger partial charge in [0.15, 0.2) is 0 Å². The van der Waals surface area contributed by atoms with Crippen LogP contribution in [-0.2, 0) is 4.79 Å². The molecule has 0 spiro atoms. The molecule has 0 bridgehead atoms. The van der Waals surface area contributed by atoms with Crippen molar-refractivity contribution in [2.45, 2.75) is 39.5 Å². The zero-order chi connectivity index (χ0) is 15.0. The first-order valence-corrected chi connectivity index (χ1v) is 8.20. The molecule has 1 unspecified atom stereocenters.